The lowest BCUT2D eigenvalue weighted by atomic mass is 9.98. The molecule has 3 aromatic rings. The number of aldehydes is 1. The van der Waals surface area contributed by atoms with Crippen LogP contribution in [0.15, 0.2) is 78.9 Å². The molecule has 0 saturated carbocycles. The molecule has 0 amide bonds. The minimum absolute atomic E-state index is 0.0548. The van der Waals surface area contributed by atoms with Gasteiger partial charge in [0.1, 0.15) is 11.5 Å². The van der Waals surface area contributed by atoms with Crippen molar-refractivity contribution in [2.24, 2.45) is 0 Å². The highest BCUT2D eigenvalue weighted by molar-refractivity contribution is 6.14. The molecule has 3 aromatic carbocycles. The van der Waals surface area contributed by atoms with Gasteiger partial charge in [-0.15, -0.1) is 0 Å². The van der Waals surface area contributed by atoms with Crippen molar-refractivity contribution in [3.05, 3.63) is 95.6 Å². The van der Waals surface area contributed by atoms with Gasteiger partial charge in [-0.1, -0.05) is 54.6 Å². The van der Waals surface area contributed by atoms with Gasteiger partial charge in [-0.2, -0.15) is 0 Å². The van der Waals surface area contributed by atoms with Crippen LogP contribution in [0.5, 0.6) is 11.5 Å². The van der Waals surface area contributed by atoms with E-state index in [1.165, 1.54) is 12.1 Å². The molecule has 0 saturated heterocycles. The van der Waals surface area contributed by atoms with E-state index in [0.717, 1.165) is 0 Å². The summed E-state index contributed by atoms with van der Waals surface area (Å²) in [5.74, 6) is -0.0393. The monoisotopic (exact) mass is 346 g/mol. The Bertz CT molecular complexity index is 947. The van der Waals surface area contributed by atoms with Crippen molar-refractivity contribution >= 4 is 18.2 Å². The Labute approximate surface area is 149 Å². The molecule has 0 N–H and O–H groups in total. The van der Waals surface area contributed by atoms with Crippen molar-refractivity contribution in [3.8, 4) is 11.5 Å². The second-order valence-corrected chi connectivity index (χ2v) is 5.30. The number of hydrogen-bond donors (Lipinski definition) is 0. The third-order valence-corrected chi connectivity index (χ3v) is 3.60. The van der Waals surface area contributed by atoms with Crippen molar-refractivity contribution < 1.29 is 23.9 Å². The number of rotatable bonds is 5. The standard InChI is InChI=1S/C21H14O5/c22-14-15-8-4-5-11-17(15)20(23)18-12-6-7-13-19(18)26-21(24)25-16-9-2-1-3-10-16/h1-14H. The van der Waals surface area contributed by atoms with Gasteiger partial charge in [-0.25, -0.2) is 4.79 Å². The molecular weight excluding hydrogens is 332 g/mol. The molecular formula is C21H14O5. The fourth-order valence-electron chi connectivity index (χ4n) is 2.39. The number of carbonyl (C=O) groups is 3. The first-order valence-electron chi connectivity index (χ1n) is 7.81. The van der Waals surface area contributed by atoms with Gasteiger partial charge in [0.15, 0.2) is 12.1 Å². The highest BCUT2D eigenvalue weighted by Crippen LogP contribution is 2.23. The van der Waals surface area contributed by atoms with E-state index in [4.69, 9.17) is 9.47 Å². The average Bonchev–Trinajstić information content (AvgIpc) is 2.68. The number of benzene rings is 3. The van der Waals surface area contributed by atoms with Crippen LogP contribution in [-0.4, -0.2) is 18.2 Å². The van der Waals surface area contributed by atoms with Gasteiger partial charge in [-0.05, 0) is 24.3 Å². The molecule has 3 rings (SSSR count). The summed E-state index contributed by atoms with van der Waals surface area (Å²) < 4.78 is 10.3. The zero-order valence-corrected chi connectivity index (χ0v) is 13.6. The Morgan fingerprint density at radius 1 is 0.692 bits per heavy atom. The second kappa shape index (κ2) is 7.90. The van der Waals surface area contributed by atoms with Gasteiger partial charge in [-0.3, -0.25) is 9.59 Å². The normalized spacial score (nSPS) is 10.0. The van der Waals surface area contributed by atoms with E-state index < -0.39 is 11.9 Å². The van der Waals surface area contributed by atoms with E-state index in [1.807, 2.05) is 0 Å². The Hall–Kier alpha value is -3.73. The van der Waals surface area contributed by atoms with Crippen LogP contribution in [-0.2, 0) is 0 Å². The fourth-order valence-corrected chi connectivity index (χ4v) is 2.39. The van der Waals surface area contributed by atoms with Crippen LogP contribution in [0, 0.1) is 0 Å². The van der Waals surface area contributed by atoms with Gasteiger partial charge < -0.3 is 9.47 Å². The van der Waals surface area contributed by atoms with Gasteiger partial charge in [0.05, 0.1) is 5.56 Å². The van der Waals surface area contributed by atoms with E-state index in [2.05, 4.69) is 0 Å². The first-order valence-corrected chi connectivity index (χ1v) is 7.81. The van der Waals surface area contributed by atoms with E-state index in [1.54, 1.807) is 66.7 Å². The highest BCUT2D eigenvalue weighted by atomic mass is 16.7. The fraction of sp³-hybridized carbons (Fsp3) is 0. The third kappa shape index (κ3) is 3.84. The molecule has 0 aliphatic rings. The Morgan fingerprint density at radius 3 is 2.04 bits per heavy atom. The molecule has 0 radical (unpaired) electrons. The zero-order chi connectivity index (χ0) is 18.4. The SMILES string of the molecule is O=Cc1ccccc1C(=O)c1ccccc1OC(=O)Oc1ccccc1. The Balaban J connectivity index is 1.85. The average molecular weight is 346 g/mol. The predicted molar refractivity (Wildman–Crippen MR) is 94.8 cm³/mol. The molecule has 0 spiro atoms. The number of ketones is 1. The summed E-state index contributed by atoms with van der Waals surface area (Å²) >= 11 is 0. The van der Waals surface area contributed by atoms with Crippen molar-refractivity contribution in [1.82, 2.24) is 0 Å². The van der Waals surface area contributed by atoms with E-state index in [9.17, 15) is 14.4 Å². The summed E-state index contributed by atoms with van der Waals surface area (Å²) in [6, 6.07) is 21.2. The highest BCUT2D eigenvalue weighted by Gasteiger charge is 2.19. The number of carbonyl (C=O) groups excluding carboxylic acids is 3. The van der Waals surface area contributed by atoms with E-state index >= 15 is 0 Å². The van der Waals surface area contributed by atoms with Crippen LogP contribution in [0.4, 0.5) is 4.79 Å². The third-order valence-electron chi connectivity index (χ3n) is 3.60. The van der Waals surface area contributed by atoms with Crippen LogP contribution in [0.3, 0.4) is 0 Å². The molecule has 5 nitrogen and oxygen atoms in total. The molecule has 0 bridgehead atoms. The van der Waals surface area contributed by atoms with Crippen LogP contribution in [0.2, 0.25) is 0 Å². The van der Waals surface area contributed by atoms with Crippen LogP contribution < -0.4 is 9.47 Å². The minimum Gasteiger partial charge on any atom is -0.395 e. The van der Waals surface area contributed by atoms with Crippen molar-refractivity contribution in [1.29, 1.82) is 0 Å². The molecule has 0 fully saturated rings. The molecule has 0 aliphatic heterocycles. The summed E-state index contributed by atoms with van der Waals surface area (Å²) in [6.07, 6.45) is -0.347. The Kier molecular flexibility index (Phi) is 5.19. The maximum absolute atomic E-state index is 12.8. The lowest BCUT2D eigenvalue weighted by Gasteiger charge is -2.10. The Morgan fingerprint density at radius 2 is 1.31 bits per heavy atom. The van der Waals surface area contributed by atoms with E-state index in [-0.39, 0.29) is 22.4 Å². The molecule has 5 heteroatoms. The van der Waals surface area contributed by atoms with Crippen molar-refractivity contribution in [2.75, 3.05) is 0 Å². The summed E-state index contributed by atoms with van der Waals surface area (Å²) in [7, 11) is 0. The molecule has 0 aliphatic carbocycles. The van der Waals surface area contributed by atoms with Gasteiger partial charge in [0, 0.05) is 11.1 Å². The number of para-hydroxylation sites is 2. The van der Waals surface area contributed by atoms with Gasteiger partial charge in [0.2, 0.25) is 0 Å². The molecule has 128 valence electrons. The van der Waals surface area contributed by atoms with Crippen LogP contribution in [0.1, 0.15) is 26.3 Å². The first-order chi connectivity index (χ1) is 12.7. The maximum Gasteiger partial charge on any atom is 0.519 e. The molecule has 0 heterocycles. The maximum atomic E-state index is 12.8. The lowest BCUT2D eigenvalue weighted by molar-refractivity contribution is 0.102. The summed E-state index contributed by atoms with van der Waals surface area (Å²) in [6.45, 7) is 0. The molecule has 0 atom stereocenters. The lowest BCUT2D eigenvalue weighted by Crippen LogP contribution is -2.16. The second-order valence-electron chi connectivity index (χ2n) is 5.30. The first kappa shape index (κ1) is 17.1. The van der Waals surface area contributed by atoms with Gasteiger partial charge >= 0.3 is 6.16 Å². The molecule has 0 aromatic heterocycles. The molecule has 26 heavy (non-hydrogen) atoms. The van der Waals surface area contributed by atoms with E-state index in [0.29, 0.717) is 12.0 Å². The summed E-state index contributed by atoms with van der Waals surface area (Å²) in [5.41, 5.74) is 0.654. The smallest absolute Gasteiger partial charge is 0.395 e. The molecule has 0 unspecified atom stereocenters. The summed E-state index contributed by atoms with van der Waals surface area (Å²) in [5, 5.41) is 0. The topological polar surface area (TPSA) is 69.7 Å². The number of ether oxygens (including phenoxy) is 2. The minimum atomic E-state index is -0.958. The van der Waals surface area contributed by atoms with Gasteiger partial charge in [0.25, 0.3) is 0 Å². The number of hydrogen-bond acceptors (Lipinski definition) is 5. The zero-order valence-electron chi connectivity index (χ0n) is 13.6. The van der Waals surface area contributed by atoms with Crippen molar-refractivity contribution in [3.63, 3.8) is 0 Å². The predicted octanol–water partition coefficient (Wildman–Crippen LogP) is 4.31. The van der Waals surface area contributed by atoms with Crippen LogP contribution in [0.25, 0.3) is 0 Å². The van der Waals surface area contributed by atoms with Crippen molar-refractivity contribution in [2.45, 2.75) is 0 Å². The largest absolute Gasteiger partial charge is 0.519 e. The van der Waals surface area contributed by atoms with Crippen LogP contribution >= 0.6 is 0 Å². The quantitative estimate of drug-likeness (QED) is 0.298. The summed E-state index contributed by atoms with van der Waals surface area (Å²) in [4.78, 5) is 36.0.